The van der Waals surface area contributed by atoms with E-state index >= 15 is 0 Å². The molecule has 0 aromatic heterocycles. The number of benzene rings is 1. The molecule has 0 spiro atoms. The molecule has 1 aliphatic rings. The van der Waals surface area contributed by atoms with E-state index in [2.05, 4.69) is 25.9 Å². The predicted molar refractivity (Wildman–Crippen MR) is 98.2 cm³/mol. The Morgan fingerprint density at radius 3 is 2.35 bits per heavy atom. The molecule has 0 bridgehead atoms. The zero-order valence-electron chi connectivity index (χ0n) is 15.2. The third-order valence-corrected chi connectivity index (χ3v) is 7.17. The van der Waals surface area contributed by atoms with Gasteiger partial charge < -0.3 is 4.52 Å². The SMILES string of the molecule is CC1CCC(C(C)C)C(OP(=O)(NC(C)C)c2ccccc2)C1. The van der Waals surface area contributed by atoms with E-state index in [0.29, 0.717) is 17.8 Å². The molecular formula is C19H32NO2P. The first-order chi connectivity index (χ1) is 10.8. The van der Waals surface area contributed by atoms with Crippen LogP contribution in [-0.4, -0.2) is 12.1 Å². The summed E-state index contributed by atoms with van der Waals surface area (Å²) in [6, 6.07) is 9.73. The highest BCUT2D eigenvalue weighted by molar-refractivity contribution is 7.65. The van der Waals surface area contributed by atoms with E-state index in [1.807, 2.05) is 44.2 Å². The monoisotopic (exact) mass is 337 g/mol. The van der Waals surface area contributed by atoms with E-state index < -0.39 is 7.52 Å². The number of hydrogen-bond acceptors (Lipinski definition) is 2. The molecule has 3 nitrogen and oxygen atoms in total. The molecule has 0 heterocycles. The maximum atomic E-state index is 13.6. The molecule has 2 rings (SSSR count). The minimum Gasteiger partial charge on any atom is -0.311 e. The molecule has 0 amide bonds. The van der Waals surface area contributed by atoms with Crippen LogP contribution in [0.2, 0.25) is 0 Å². The van der Waals surface area contributed by atoms with Gasteiger partial charge in [0.1, 0.15) is 0 Å². The molecule has 4 heteroatoms. The molecule has 1 N–H and O–H groups in total. The molecule has 23 heavy (non-hydrogen) atoms. The summed E-state index contributed by atoms with van der Waals surface area (Å²) < 4.78 is 20.0. The fourth-order valence-electron chi connectivity index (χ4n) is 3.56. The Labute approximate surface area is 141 Å². The second-order valence-electron chi connectivity index (χ2n) is 7.64. The van der Waals surface area contributed by atoms with Crippen molar-refractivity contribution >= 4 is 12.8 Å². The second kappa shape index (κ2) is 7.96. The van der Waals surface area contributed by atoms with Gasteiger partial charge in [-0.05, 0) is 56.6 Å². The topological polar surface area (TPSA) is 38.3 Å². The van der Waals surface area contributed by atoms with Crippen molar-refractivity contribution in [1.82, 2.24) is 5.09 Å². The third-order valence-electron chi connectivity index (χ3n) is 4.77. The number of hydrogen-bond donors (Lipinski definition) is 1. The Bertz CT molecular complexity index is 529. The molecule has 0 radical (unpaired) electrons. The lowest BCUT2D eigenvalue weighted by atomic mass is 9.75. The first-order valence-corrected chi connectivity index (χ1v) is 10.6. The van der Waals surface area contributed by atoms with Gasteiger partial charge in [-0.3, -0.25) is 4.57 Å². The van der Waals surface area contributed by atoms with Crippen molar-refractivity contribution in [2.75, 3.05) is 0 Å². The van der Waals surface area contributed by atoms with Crippen molar-refractivity contribution in [3.8, 4) is 0 Å². The van der Waals surface area contributed by atoms with Crippen LogP contribution in [0.1, 0.15) is 53.9 Å². The molecule has 1 fully saturated rings. The van der Waals surface area contributed by atoms with Crippen molar-refractivity contribution in [1.29, 1.82) is 0 Å². The summed E-state index contributed by atoms with van der Waals surface area (Å²) in [5.74, 6) is 1.67. The lowest BCUT2D eigenvalue weighted by Gasteiger charge is -2.39. The molecule has 0 aliphatic heterocycles. The summed E-state index contributed by atoms with van der Waals surface area (Å²) in [6.07, 6.45) is 3.48. The first-order valence-electron chi connectivity index (χ1n) is 8.93. The molecule has 130 valence electrons. The van der Waals surface area contributed by atoms with Crippen LogP contribution < -0.4 is 10.4 Å². The largest absolute Gasteiger partial charge is 0.311 e. The number of nitrogens with one attached hydrogen (secondary N) is 1. The summed E-state index contributed by atoms with van der Waals surface area (Å²) in [4.78, 5) is 0. The lowest BCUT2D eigenvalue weighted by molar-refractivity contribution is 0.0480. The molecule has 1 aromatic carbocycles. The van der Waals surface area contributed by atoms with Gasteiger partial charge in [0.05, 0.1) is 11.4 Å². The minimum absolute atomic E-state index is 0.0658. The Morgan fingerprint density at radius 2 is 1.78 bits per heavy atom. The van der Waals surface area contributed by atoms with Gasteiger partial charge in [-0.25, -0.2) is 5.09 Å². The van der Waals surface area contributed by atoms with Crippen LogP contribution in [0.5, 0.6) is 0 Å². The van der Waals surface area contributed by atoms with Crippen molar-refractivity contribution in [3.63, 3.8) is 0 Å². The Balaban J connectivity index is 2.27. The molecular weight excluding hydrogens is 305 g/mol. The highest BCUT2D eigenvalue weighted by Gasteiger charge is 2.38. The van der Waals surface area contributed by atoms with Gasteiger partial charge in [-0.2, -0.15) is 0 Å². The van der Waals surface area contributed by atoms with E-state index in [4.69, 9.17) is 4.52 Å². The van der Waals surface area contributed by atoms with Crippen molar-refractivity contribution < 1.29 is 9.09 Å². The maximum absolute atomic E-state index is 13.6. The molecule has 1 aromatic rings. The number of rotatable bonds is 6. The van der Waals surface area contributed by atoms with Crippen LogP contribution in [0, 0.1) is 17.8 Å². The van der Waals surface area contributed by atoms with Crippen LogP contribution in [0.15, 0.2) is 30.3 Å². The summed E-state index contributed by atoms with van der Waals surface area (Å²) in [7, 11) is -3.05. The standard InChI is InChI=1S/C19H32NO2P/c1-14(2)18-12-11-16(5)13-19(18)22-23(21,20-15(3)4)17-9-7-6-8-10-17/h6-10,14-16,18-19H,11-13H2,1-5H3,(H,20,21). The lowest BCUT2D eigenvalue weighted by Crippen LogP contribution is -2.37. The van der Waals surface area contributed by atoms with E-state index in [1.54, 1.807) is 0 Å². The highest BCUT2D eigenvalue weighted by atomic mass is 31.2. The average Bonchev–Trinajstić information content (AvgIpc) is 2.47. The van der Waals surface area contributed by atoms with Gasteiger partial charge in [0.2, 0.25) is 0 Å². The second-order valence-corrected chi connectivity index (χ2v) is 9.73. The first kappa shape index (κ1) is 18.7. The van der Waals surface area contributed by atoms with Crippen LogP contribution in [0.3, 0.4) is 0 Å². The molecule has 1 saturated carbocycles. The average molecular weight is 337 g/mol. The van der Waals surface area contributed by atoms with Gasteiger partial charge in [0, 0.05) is 6.04 Å². The Morgan fingerprint density at radius 1 is 1.13 bits per heavy atom. The summed E-state index contributed by atoms with van der Waals surface area (Å²) >= 11 is 0. The molecule has 4 unspecified atom stereocenters. The van der Waals surface area contributed by atoms with Gasteiger partial charge >= 0.3 is 0 Å². The van der Waals surface area contributed by atoms with Gasteiger partial charge in [-0.15, -0.1) is 0 Å². The van der Waals surface area contributed by atoms with Crippen LogP contribution in [0.4, 0.5) is 0 Å². The fourth-order valence-corrected chi connectivity index (χ4v) is 5.76. The van der Waals surface area contributed by atoms with Gasteiger partial charge in [0.25, 0.3) is 7.52 Å². The van der Waals surface area contributed by atoms with E-state index in [-0.39, 0.29) is 12.1 Å². The smallest absolute Gasteiger partial charge is 0.300 e. The van der Waals surface area contributed by atoms with E-state index in [9.17, 15) is 4.57 Å². The van der Waals surface area contributed by atoms with Crippen LogP contribution in [-0.2, 0) is 9.09 Å². The van der Waals surface area contributed by atoms with E-state index in [0.717, 1.165) is 11.7 Å². The van der Waals surface area contributed by atoms with Crippen molar-refractivity contribution in [3.05, 3.63) is 30.3 Å². The quantitative estimate of drug-likeness (QED) is 0.744. The Kier molecular flexibility index (Phi) is 6.48. The van der Waals surface area contributed by atoms with Gasteiger partial charge in [0.15, 0.2) is 0 Å². The molecule has 1 aliphatic carbocycles. The summed E-state index contributed by atoms with van der Waals surface area (Å²) in [5, 5.41) is 4.00. The zero-order chi connectivity index (χ0) is 17.0. The molecule has 4 atom stereocenters. The van der Waals surface area contributed by atoms with Crippen LogP contribution in [0.25, 0.3) is 0 Å². The Hall–Kier alpha value is -0.630. The summed E-state index contributed by atoms with van der Waals surface area (Å²) in [6.45, 7) is 10.8. The maximum Gasteiger partial charge on any atom is 0.300 e. The molecule has 0 saturated heterocycles. The van der Waals surface area contributed by atoms with Crippen molar-refractivity contribution in [2.24, 2.45) is 17.8 Å². The zero-order valence-corrected chi connectivity index (χ0v) is 16.1. The van der Waals surface area contributed by atoms with E-state index in [1.165, 1.54) is 12.8 Å². The van der Waals surface area contributed by atoms with Crippen molar-refractivity contribution in [2.45, 2.75) is 66.0 Å². The highest BCUT2D eigenvalue weighted by Crippen LogP contribution is 2.48. The van der Waals surface area contributed by atoms with Crippen LogP contribution >= 0.6 is 7.52 Å². The summed E-state index contributed by atoms with van der Waals surface area (Å²) in [5.41, 5.74) is 0. The minimum atomic E-state index is -3.05. The fraction of sp³-hybridized carbons (Fsp3) is 0.684. The third kappa shape index (κ3) is 4.92. The van der Waals surface area contributed by atoms with Gasteiger partial charge in [-0.1, -0.05) is 45.4 Å². The normalized spacial score (nSPS) is 28.0. The predicted octanol–water partition coefficient (Wildman–Crippen LogP) is 4.98.